The van der Waals surface area contributed by atoms with E-state index < -0.39 is 0 Å². The van der Waals surface area contributed by atoms with Gasteiger partial charge in [-0.05, 0) is 18.2 Å². The van der Waals surface area contributed by atoms with E-state index in [9.17, 15) is 4.79 Å². The second kappa shape index (κ2) is 5.86. The average molecular weight is 317 g/mol. The van der Waals surface area contributed by atoms with Gasteiger partial charge in [0, 0.05) is 22.5 Å². The van der Waals surface area contributed by atoms with Gasteiger partial charge in [0.15, 0.2) is 0 Å². The Balaban J connectivity index is 2.03. The Kier molecular flexibility index (Phi) is 4.44. The summed E-state index contributed by atoms with van der Waals surface area (Å²) in [4.78, 5) is 12.6. The lowest BCUT2D eigenvalue weighted by atomic mass is 10.2. The number of halogens is 1. The SMILES string of the molecule is O=C(NN1CCOCC1)c1ccc(Br)cc1S. The Morgan fingerprint density at radius 2 is 2.12 bits per heavy atom. The van der Waals surface area contributed by atoms with Crippen LogP contribution in [0.3, 0.4) is 0 Å². The number of hydrogen-bond acceptors (Lipinski definition) is 4. The zero-order valence-corrected chi connectivity index (χ0v) is 11.6. The molecular formula is C11H13BrN2O2S. The minimum Gasteiger partial charge on any atom is -0.379 e. The van der Waals surface area contributed by atoms with Crippen molar-refractivity contribution in [1.29, 1.82) is 0 Å². The first-order valence-electron chi connectivity index (χ1n) is 5.29. The summed E-state index contributed by atoms with van der Waals surface area (Å²) in [6.07, 6.45) is 0. The van der Waals surface area contributed by atoms with Crippen molar-refractivity contribution in [3.63, 3.8) is 0 Å². The Labute approximate surface area is 114 Å². The summed E-state index contributed by atoms with van der Waals surface area (Å²) < 4.78 is 6.12. The first-order valence-corrected chi connectivity index (χ1v) is 6.53. The largest absolute Gasteiger partial charge is 0.379 e. The second-order valence-electron chi connectivity index (χ2n) is 3.70. The van der Waals surface area contributed by atoms with E-state index in [1.54, 1.807) is 12.1 Å². The van der Waals surface area contributed by atoms with E-state index >= 15 is 0 Å². The number of rotatable bonds is 2. The molecule has 0 aromatic heterocycles. The Morgan fingerprint density at radius 3 is 2.76 bits per heavy atom. The van der Waals surface area contributed by atoms with Gasteiger partial charge in [-0.25, -0.2) is 5.01 Å². The van der Waals surface area contributed by atoms with Crippen molar-refractivity contribution < 1.29 is 9.53 Å². The summed E-state index contributed by atoms with van der Waals surface area (Å²) in [7, 11) is 0. The fourth-order valence-corrected chi connectivity index (χ4v) is 2.43. The van der Waals surface area contributed by atoms with Crippen LogP contribution in [-0.2, 0) is 4.74 Å². The summed E-state index contributed by atoms with van der Waals surface area (Å²) >= 11 is 7.63. The lowest BCUT2D eigenvalue weighted by molar-refractivity contribution is 0.0125. The van der Waals surface area contributed by atoms with Gasteiger partial charge in [0.05, 0.1) is 18.8 Å². The molecule has 1 aromatic rings. The Bertz CT molecular complexity index is 422. The number of amides is 1. The van der Waals surface area contributed by atoms with Gasteiger partial charge >= 0.3 is 0 Å². The van der Waals surface area contributed by atoms with Gasteiger partial charge in [0.2, 0.25) is 0 Å². The number of nitrogens with zero attached hydrogens (tertiary/aromatic N) is 1. The molecule has 0 radical (unpaired) electrons. The zero-order valence-electron chi connectivity index (χ0n) is 9.15. The van der Waals surface area contributed by atoms with E-state index in [1.807, 2.05) is 11.1 Å². The fraction of sp³-hybridized carbons (Fsp3) is 0.364. The van der Waals surface area contributed by atoms with Crippen molar-refractivity contribution in [3.05, 3.63) is 28.2 Å². The number of ether oxygens (including phenoxy) is 1. The molecule has 2 rings (SSSR count). The maximum atomic E-state index is 12.0. The van der Waals surface area contributed by atoms with Gasteiger partial charge in [0.1, 0.15) is 0 Å². The molecule has 6 heteroatoms. The number of hydrogen-bond donors (Lipinski definition) is 2. The molecule has 0 bridgehead atoms. The number of thiol groups is 1. The van der Waals surface area contributed by atoms with Crippen LogP contribution in [0.4, 0.5) is 0 Å². The first-order chi connectivity index (χ1) is 8.16. The molecule has 0 saturated carbocycles. The van der Waals surface area contributed by atoms with Gasteiger partial charge in [-0.3, -0.25) is 10.2 Å². The smallest absolute Gasteiger partial charge is 0.266 e. The topological polar surface area (TPSA) is 41.6 Å². The monoisotopic (exact) mass is 316 g/mol. The van der Waals surface area contributed by atoms with Crippen molar-refractivity contribution in [1.82, 2.24) is 10.4 Å². The number of nitrogens with one attached hydrogen (secondary N) is 1. The molecular weight excluding hydrogens is 304 g/mol. The molecule has 0 spiro atoms. The van der Waals surface area contributed by atoms with E-state index in [-0.39, 0.29) is 5.91 Å². The molecule has 17 heavy (non-hydrogen) atoms. The molecule has 1 heterocycles. The first kappa shape index (κ1) is 12.9. The predicted octanol–water partition coefficient (Wildman–Crippen LogP) is 1.71. The number of hydrazine groups is 1. The van der Waals surface area contributed by atoms with Gasteiger partial charge in [-0.15, -0.1) is 12.6 Å². The third-order valence-corrected chi connectivity index (χ3v) is 3.34. The van der Waals surface area contributed by atoms with Crippen LogP contribution in [0.1, 0.15) is 10.4 Å². The summed E-state index contributed by atoms with van der Waals surface area (Å²) in [5, 5.41) is 1.86. The molecule has 1 saturated heterocycles. The summed E-state index contributed by atoms with van der Waals surface area (Å²) in [5.74, 6) is -0.135. The van der Waals surface area contributed by atoms with E-state index in [1.165, 1.54) is 0 Å². The Morgan fingerprint density at radius 1 is 1.41 bits per heavy atom. The summed E-state index contributed by atoms with van der Waals surface area (Å²) in [6.45, 7) is 2.72. The van der Waals surface area contributed by atoms with Crippen LogP contribution in [0.2, 0.25) is 0 Å². The molecule has 1 N–H and O–H groups in total. The van der Waals surface area contributed by atoms with Crippen molar-refractivity contribution in [3.8, 4) is 0 Å². The number of morpholine rings is 1. The van der Waals surface area contributed by atoms with Crippen molar-refractivity contribution in [2.24, 2.45) is 0 Å². The zero-order chi connectivity index (χ0) is 12.3. The predicted molar refractivity (Wildman–Crippen MR) is 71.3 cm³/mol. The third kappa shape index (κ3) is 3.45. The highest BCUT2D eigenvalue weighted by atomic mass is 79.9. The molecule has 1 aromatic carbocycles. The highest BCUT2D eigenvalue weighted by Gasteiger charge is 2.15. The minimum absolute atomic E-state index is 0.135. The number of benzene rings is 1. The van der Waals surface area contributed by atoms with Crippen molar-refractivity contribution in [2.45, 2.75) is 4.90 Å². The van der Waals surface area contributed by atoms with Gasteiger partial charge in [0.25, 0.3) is 5.91 Å². The molecule has 1 aliphatic heterocycles. The molecule has 4 nitrogen and oxygen atoms in total. The number of carbonyl (C=O) groups excluding carboxylic acids is 1. The normalized spacial score (nSPS) is 16.8. The van der Waals surface area contributed by atoms with E-state index in [0.29, 0.717) is 36.8 Å². The standard InChI is InChI=1S/C11H13BrN2O2S/c12-8-1-2-9(10(17)7-8)11(15)13-14-3-5-16-6-4-14/h1-2,7,17H,3-6H2,(H,13,15). The number of carbonyl (C=O) groups is 1. The second-order valence-corrected chi connectivity index (χ2v) is 5.10. The third-order valence-electron chi connectivity index (χ3n) is 2.48. The highest BCUT2D eigenvalue weighted by Crippen LogP contribution is 2.19. The molecule has 1 fully saturated rings. The maximum Gasteiger partial charge on any atom is 0.266 e. The molecule has 0 unspecified atom stereocenters. The maximum absolute atomic E-state index is 12.0. The molecule has 0 atom stereocenters. The van der Waals surface area contributed by atoms with E-state index in [2.05, 4.69) is 34.0 Å². The lowest BCUT2D eigenvalue weighted by Gasteiger charge is -2.27. The van der Waals surface area contributed by atoms with Crippen LogP contribution in [-0.4, -0.2) is 37.2 Å². The molecule has 0 aliphatic carbocycles. The quantitative estimate of drug-likeness (QED) is 0.816. The summed E-state index contributed by atoms with van der Waals surface area (Å²) in [5.41, 5.74) is 3.42. The fourth-order valence-electron chi connectivity index (χ4n) is 1.58. The highest BCUT2D eigenvalue weighted by molar-refractivity contribution is 9.10. The van der Waals surface area contributed by atoms with Crippen LogP contribution in [0.25, 0.3) is 0 Å². The van der Waals surface area contributed by atoms with Gasteiger partial charge in [-0.2, -0.15) is 0 Å². The molecule has 1 aliphatic rings. The summed E-state index contributed by atoms with van der Waals surface area (Å²) in [6, 6.07) is 5.38. The molecule has 92 valence electrons. The van der Waals surface area contributed by atoms with E-state index in [4.69, 9.17) is 4.74 Å². The van der Waals surface area contributed by atoms with E-state index in [0.717, 1.165) is 4.47 Å². The molecule has 1 amide bonds. The van der Waals surface area contributed by atoms with Crippen LogP contribution in [0.15, 0.2) is 27.6 Å². The average Bonchev–Trinajstić information content (AvgIpc) is 2.30. The van der Waals surface area contributed by atoms with Crippen molar-refractivity contribution in [2.75, 3.05) is 26.3 Å². The van der Waals surface area contributed by atoms with Crippen molar-refractivity contribution >= 4 is 34.5 Å². The van der Waals surface area contributed by atoms with Crippen LogP contribution >= 0.6 is 28.6 Å². The van der Waals surface area contributed by atoms with Crippen LogP contribution in [0, 0.1) is 0 Å². The minimum atomic E-state index is -0.135. The Hall–Kier alpha value is -0.560. The van der Waals surface area contributed by atoms with Crippen LogP contribution in [0.5, 0.6) is 0 Å². The van der Waals surface area contributed by atoms with Crippen LogP contribution < -0.4 is 5.43 Å². The lowest BCUT2D eigenvalue weighted by Crippen LogP contribution is -2.48. The van der Waals surface area contributed by atoms with Gasteiger partial charge in [-0.1, -0.05) is 15.9 Å². The van der Waals surface area contributed by atoms with Gasteiger partial charge < -0.3 is 4.74 Å².